The van der Waals surface area contributed by atoms with Crippen molar-refractivity contribution in [2.75, 3.05) is 32.1 Å². The zero-order valence-electron chi connectivity index (χ0n) is 18.3. The highest BCUT2D eigenvalue weighted by Gasteiger charge is 2.31. The fourth-order valence-electron chi connectivity index (χ4n) is 4.04. The number of rotatable bonds is 7. The zero-order valence-corrected chi connectivity index (χ0v) is 19.1. The first-order valence-corrected chi connectivity index (χ1v) is 11.1. The summed E-state index contributed by atoms with van der Waals surface area (Å²) in [6, 6.07) is 9.67. The molecule has 4 rings (SSSR count). The number of halogens is 4. The van der Waals surface area contributed by atoms with Gasteiger partial charge in [-0.1, -0.05) is 29.8 Å². The number of methoxy groups -OCH3 is 1. The Morgan fingerprint density at radius 1 is 1.15 bits per heavy atom. The van der Waals surface area contributed by atoms with Gasteiger partial charge in [0.1, 0.15) is 10.8 Å². The lowest BCUT2D eigenvalue weighted by Crippen LogP contribution is -2.32. The molecule has 3 aromatic rings. The Bertz CT molecular complexity index is 1190. The van der Waals surface area contributed by atoms with Crippen molar-refractivity contribution in [2.45, 2.75) is 25.1 Å². The molecule has 0 saturated carbocycles. The van der Waals surface area contributed by atoms with Crippen LogP contribution in [-0.4, -0.2) is 46.4 Å². The van der Waals surface area contributed by atoms with E-state index in [0.29, 0.717) is 18.4 Å². The molecular formula is C23H23ClF3N5O2. The molecule has 0 bridgehead atoms. The predicted octanol–water partition coefficient (Wildman–Crippen LogP) is 4.56. The van der Waals surface area contributed by atoms with E-state index >= 15 is 0 Å². The standard InChI is InChI=1S/C23H23ClF3N5O2/c1-34-19-7-3-2-6-16(19)18(31-10-4-5-11-31)14-28-17-13-30-32(22(33)21(17)24)20-9-8-15(12-29-20)23(25,26)27/h2-3,6-9,12-13,18,28H,4-5,10-11,14H2,1H3/t18-/m0/s1. The van der Waals surface area contributed by atoms with Gasteiger partial charge in [0.15, 0.2) is 5.82 Å². The van der Waals surface area contributed by atoms with Gasteiger partial charge in [-0.05, 0) is 44.1 Å². The van der Waals surface area contributed by atoms with Gasteiger partial charge in [-0.15, -0.1) is 0 Å². The van der Waals surface area contributed by atoms with E-state index in [4.69, 9.17) is 16.3 Å². The van der Waals surface area contributed by atoms with E-state index in [1.54, 1.807) is 7.11 Å². The molecular weight excluding hydrogens is 471 g/mol. The van der Waals surface area contributed by atoms with E-state index in [-0.39, 0.29) is 16.9 Å². The molecule has 0 aliphatic carbocycles. The molecule has 1 aliphatic heterocycles. The van der Waals surface area contributed by atoms with Crippen molar-refractivity contribution in [3.63, 3.8) is 0 Å². The zero-order chi connectivity index (χ0) is 24.3. The quantitative estimate of drug-likeness (QED) is 0.520. The highest BCUT2D eigenvalue weighted by Crippen LogP contribution is 2.32. The van der Waals surface area contributed by atoms with E-state index < -0.39 is 17.3 Å². The number of benzene rings is 1. The molecule has 1 N–H and O–H groups in total. The van der Waals surface area contributed by atoms with Gasteiger partial charge in [0, 0.05) is 18.3 Å². The van der Waals surface area contributed by atoms with Crippen molar-refractivity contribution >= 4 is 17.3 Å². The maximum Gasteiger partial charge on any atom is 0.417 e. The average Bonchev–Trinajstić information content (AvgIpc) is 3.36. The average molecular weight is 494 g/mol. The number of nitrogens with zero attached hydrogens (tertiary/aromatic N) is 4. The molecule has 0 amide bonds. The summed E-state index contributed by atoms with van der Waals surface area (Å²) in [6.45, 7) is 2.33. The van der Waals surface area contributed by atoms with Gasteiger partial charge in [-0.3, -0.25) is 9.69 Å². The van der Waals surface area contributed by atoms with Gasteiger partial charge in [-0.2, -0.15) is 23.0 Å². The second kappa shape index (κ2) is 10.0. The first kappa shape index (κ1) is 24.0. The lowest BCUT2D eigenvalue weighted by Gasteiger charge is -2.29. The highest BCUT2D eigenvalue weighted by molar-refractivity contribution is 6.32. The molecule has 11 heteroatoms. The Kier molecular flexibility index (Phi) is 7.08. The molecule has 3 heterocycles. The van der Waals surface area contributed by atoms with Crippen molar-refractivity contribution in [3.8, 4) is 11.6 Å². The Morgan fingerprint density at radius 3 is 2.53 bits per heavy atom. The lowest BCUT2D eigenvalue weighted by atomic mass is 10.0. The normalized spacial score (nSPS) is 15.3. The smallest absolute Gasteiger partial charge is 0.417 e. The van der Waals surface area contributed by atoms with Crippen LogP contribution in [0, 0.1) is 0 Å². The second-order valence-corrected chi connectivity index (χ2v) is 8.25. The number of anilines is 1. The van der Waals surface area contributed by atoms with Gasteiger partial charge < -0.3 is 10.1 Å². The summed E-state index contributed by atoms with van der Waals surface area (Å²) >= 11 is 6.32. The molecule has 0 unspecified atom stereocenters. The van der Waals surface area contributed by atoms with Gasteiger partial charge in [-0.25, -0.2) is 4.98 Å². The first-order valence-electron chi connectivity index (χ1n) is 10.7. The highest BCUT2D eigenvalue weighted by atomic mass is 35.5. The van der Waals surface area contributed by atoms with Crippen LogP contribution in [0.5, 0.6) is 5.75 Å². The van der Waals surface area contributed by atoms with Crippen LogP contribution >= 0.6 is 11.6 Å². The molecule has 180 valence electrons. The summed E-state index contributed by atoms with van der Waals surface area (Å²) in [5.74, 6) is 0.713. The summed E-state index contributed by atoms with van der Waals surface area (Å²) in [5.41, 5.74) is -0.258. The minimum absolute atomic E-state index is 0.0197. The SMILES string of the molecule is COc1ccccc1[C@H](CNc1cnn(-c2ccc(C(F)(F)F)cn2)c(=O)c1Cl)N1CCCC1. The number of hydrogen-bond acceptors (Lipinski definition) is 6. The number of likely N-dealkylation sites (tertiary alicyclic amines) is 1. The van der Waals surface area contributed by atoms with E-state index in [9.17, 15) is 18.0 Å². The van der Waals surface area contributed by atoms with Crippen LogP contribution in [0.1, 0.15) is 30.0 Å². The fourth-order valence-corrected chi connectivity index (χ4v) is 4.23. The number of nitrogens with one attached hydrogen (secondary N) is 1. The predicted molar refractivity (Wildman–Crippen MR) is 123 cm³/mol. The van der Waals surface area contributed by atoms with Crippen LogP contribution < -0.4 is 15.6 Å². The topological polar surface area (TPSA) is 72.3 Å². The fraction of sp³-hybridized carbons (Fsp3) is 0.348. The third-order valence-electron chi connectivity index (χ3n) is 5.78. The Hall–Kier alpha value is -3.11. The van der Waals surface area contributed by atoms with Crippen molar-refractivity contribution in [2.24, 2.45) is 0 Å². The molecule has 0 radical (unpaired) electrons. The molecule has 1 aliphatic rings. The first-order chi connectivity index (χ1) is 16.3. The summed E-state index contributed by atoms with van der Waals surface area (Å²) in [4.78, 5) is 18.8. The van der Waals surface area contributed by atoms with Crippen molar-refractivity contribution in [3.05, 3.63) is 75.3 Å². The molecule has 34 heavy (non-hydrogen) atoms. The third-order valence-corrected chi connectivity index (χ3v) is 6.14. The molecule has 2 aromatic heterocycles. The van der Waals surface area contributed by atoms with Gasteiger partial charge in [0.05, 0.1) is 30.6 Å². The summed E-state index contributed by atoms with van der Waals surface area (Å²) in [7, 11) is 1.63. The largest absolute Gasteiger partial charge is 0.496 e. The van der Waals surface area contributed by atoms with Gasteiger partial charge >= 0.3 is 6.18 Å². The Balaban J connectivity index is 1.57. The molecule has 1 aromatic carbocycles. The molecule has 7 nitrogen and oxygen atoms in total. The van der Waals surface area contributed by atoms with E-state index in [0.717, 1.165) is 54.1 Å². The number of pyridine rings is 1. The van der Waals surface area contributed by atoms with Crippen molar-refractivity contribution in [1.82, 2.24) is 19.7 Å². The number of ether oxygens (including phenoxy) is 1. The summed E-state index contributed by atoms with van der Waals surface area (Å²) in [5, 5.41) is 7.14. The molecule has 1 saturated heterocycles. The number of hydrogen-bond donors (Lipinski definition) is 1. The van der Waals surface area contributed by atoms with Crippen LogP contribution in [0.15, 0.2) is 53.6 Å². The van der Waals surface area contributed by atoms with Crippen LogP contribution in [0.3, 0.4) is 0 Å². The molecule has 1 atom stereocenters. The minimum Gasteiger partial charge on any atom is -0.496 e. The minimum atomic E-state index is -4.53. The maximum absolute atomic E-state index is 12.8. The monoisotopic (exact) mass is 493 g/mol. The van der Waals surface area contributed by atoms with Crippen LogP contribution in [0.4, 0.5) is 18.9 Å². The summed E-state index contributed by atoms with van der Waals surface area (Å²) < 4.78 is 44.8. The molecule has 1 fully saturated rings. The van der Waals surface area contributed by atoms with Crippen molar-refractivity contribution in [1.29, 1.82) is 0 Å². The van der Waals surface area contributed by atoms with E-state index in [1.807, 2.05) is 24.3 Å². The van der Waals surface area contributed by atoms with Gasteiger partial charge in [0.2, 0.25) is 0 Å². The van der Waals surface area contributed by atoms with Crippen LogP contribution in [-0.2, 0) is 6.18 Å². The summed E-state index contributed by atoms with van der Waals surface area (Å²) in [6.07, 6.45) is -0.305. The number of alkyl halides is 3. The second-order valence-electron chi connectivity index (χ2n) is 7.87. The van der Waals surface area contributed by atoms with E-state index in [1.165, 1.54) is 6.20 Å². The maximum atomic E-state index is 12.8. The van der Waals surface area contributed by atoms with Crippen molar-refractivity contribution < 1.29 is 17.9 Å². The number of aromatic nitrogens is 3. The van der Waals surface area contributed by atoms with Gasteiger partial charge in [0.25, 0.3) is 5.56 Å². The van der Waals surface area contributed by atoms with E-state index in [2.05, 4.69) is 20.3 Å². The molecule has 0 spiro atoms. The van der Waals surface area contributed by atoms with Crippen LogP contribution in [0.25, 0.3) is 5.82 Å². The third kappa shape index (κ3) is 5.02. The lowest BCUT2D eigenvalue weighted by molar-refractivity contribution is -0.137. The Labute approximate surface area is 199 Å². The number of para-hydroxylation sites is 1. The Morgan fingerprint density at radius 2 is 1.88 bits per heavy atom. The van der Waals surface area contributed by atoms with Crippen LogP contribution in [0.2, 0.25) is 5.02 Å².